The summed E-state index contributed by atoms with van der Waals surface area (Å²) < 4.78 is 20.3. The number of ether oxygens (including phenoxy) is 1. The summed E-state index contributed by atoms with van der Waals surface area (Å²) in [6.45, 7) is 0.476. The van der Waals surface area contributed by atoms with Gasteiger partial charge in [0.15, 0.2) is 0 Å². The summed E-state index contributed by atoms with van der Waals surface area (Å²) in [4.78, 5) is 16.6. The van der Waals surface area contributed by atoms with Crippen molar-refractivity contribution in [3.05, 3.63) is 77.9 Å². The molecule has 0 unspecified atom stereocenters. The molecule has 0 aliphatic rings. The Morgan fingerprint density at radius 1 is 1.12 bits per heavy atom. The van der Waals surface area contributed by atoms with Crippen LogP contribution in [0.1, 0.15) is 16.1 Å². The van der Waals surface area contributed by atoms with E-state index in [1.807, 2.05) is 41.1 Å². The highest BCUT2D eigenvalue weighted by Gasteiger charge is 2.14. The van der Waals surface area contributed by atoms with Crippen molar-refractivity contribution >= 4 is 27.8 Å². The van der Waals surface area contributed by atoms with Gasteiger partial charge in [0.05, 0.1) is 35.9 Å². The van der Waals surface area contributed by atoms with Gasteiger partial charge in [0.2, 0.25) is 0 Å². The van der Waals surface area contributed by atoms with Crippen molar-refractivity contribution in [2.24, 2.45) is 0 Å². The zero-order valence-corrected chi connectivity index (χ0v) is 13.6. The van der Waals surface area contributed by atoms with Crippen LogP contribution in [0.4, 0.5) is 4.39 Å². The molecule has 0 bridgehead atoms. The molecule has 0 saturated heterocycles. The summed E-state index contributed by atoms with van der Waals surface area (Å²) in [6, 6.07) is 15.9. The van der Waals surface area contributed by atoms with Crippen molar-refractivity contribution in [3.63, 3.8) is 0 Å². The summed E-state index contributed by atoms with van der Waals surface area (Å²) in [5, 5.41) is 1.84. The minimum Gasteiger partial charge on any atom is -0.465 e. The second-order valence-electron chi connectivity index (χ2n) is 5.82. The molecule has 4 rings (SSSR count). The molecule has 0 saturated carbocycles. The van der Waals surface area contributed by atoms with Gasteiger partial charge in [-0.2, -0.15) is 0 Å². The quantitative estimate of drug-likeness (QED) is 0.528. The summed E-state index contributed by atoms with van der Waals surface area (Å²) in [5.74, 6) is -0.685. The zero-order valence-electron chi connectivity index (χ0n) is 13.6. The monoisotopic (exact) mass is 334 g/mol. The van der Waals surface area contributed by atoms with E-state index in [1.165, 1.54) is 19.2 Å². The molecule has 0 N–H and O–H groups in total. The smallest absolute Gasteiger partial charge is 0.340 e. The number of carbonyl (C=O) groups excluding carboxylic acids is 1. The Morgan fingerprint density at radius 2 is 1.96 bits per heavy atom. The molecule has 2 aromatic heterocycles. The molecular weight excluding hydrogens is 319 g/mol. The molecule has 0 aliphatic heterocycles. The van der Waals surface area contributed by atoms with E-state index >= 15 is 0 Å². The van der Waals surface area contributed by atoms with E-state index < -0.39 is 0 Å². The summed E-state index contributed by atoms with van der Waals surface area (Å²) in [5.41, 5.74) is 2.71. The Kier molecular flexibility index (Phi) is 3.69. The fourth-order valence-corrected chi connectivity index (χ4v) is 3.06. The largest absolute Gasteiger partial charge is 0.465 e. The fraction of sp³-hybridized carbons (Fsp3) is 0.100. The van der Waals surface area contributed by atoms with Crippen LogP contribution in [0.15, 0.2) is 60.8 Å². The third kappa shape index (κ3) is 2.74. The first kappa shape index (κ1) is 15.3. The number of methoxy groups -OCH3 is 1. The third-order valence-electron chi connectivity index (χ3n) is 4.24. The van der Waals surface area contributed by atoms with Crippen LogP contribution in [-0.4, -0.2) is 22.6 Å². The minimum atomic E-state index is -0.376. The molecule has 124 valence electrons. The van der Waals surface area contributed by atoms with Crippen LogP contribution in [0, 0.1) is 5.82 Å². The lowest BCUT2D eigenvalue weighted by Crippen LogP contribution is -2.07. The molecule has 0 amide bonds. The first-order valence-corrected chi connectivity index (χ1v) is 7.87. The van der Waals surface area contributed by atoms with Crippen molar-refractivity contribution in [3.8, 4) is 0 Å². The molecule has 25 heavy (non-hydrogen) atoms. The van der Waals surface area contributed by atoms with Gasteiger partial charge in [-0.3, -0.25) is 4.98 Å². The average Bonchev–Trinajstić information content (AvgIpc) is 3.03. The maximum Gasteiger partial charge on any atom is 0.340 e. The van der Waals surface area contributed by atoms with Crippen LogP contribution >= 0.6 is 0 Å². The lowest BCUT2D eigenvalue weighted by atomic mass is 10.1. The van der Waals surface area contributed by atoms with E-state index in [4.69, 9.17) is 4.74 Å². The second-order valence-corrected chi connectivity index (χ2v) is 5.82. The highest BCUT2D eigenvalue weighted by atomic mass is 19.1. The number of aromatic nitrogens is 2. The number of nitrogens with zero attached hydrogens (tertiary/aromatic N) is 2. The van der Waals surface area contributed by atoms with Crippen molar-refractivity contribution in [1.82, 2.24) is 9.55 Å². The van der Waals surface area contributed by atoms with Crippen molar-refractivity contribution in [2.45, 2.75) is 6.54 Å². The van der Waals surface area contributed by atoms with E-state index in [9.17, 15) is 9.18 Å². The molecule has 5 heteroatoms. The highest BCUT2D eigenvalue weighted by molar-refractivity contribution is 6.03. The van der Waals surface area contributed by atoms with Crippen LogP contribution in [0.3, 0.4) is 0 Å². The van der Waals surface area contributed by atoms with E-state index in [2.05, 4.69) is 4.98 Å². The Morgan fingerprint density at radius 3 is 2.80 bits per heavy atom. The summed E-state index contributed by atoms with van der Waals surface area (Å²) in [6.07, 6.45) is 1.91. The van der Waals surface area contributed by atoms with E-state index in [0.29, 0.717) is 17.6 Å². The van der Waals surface area contributed by atoms with Gasteiger partial charge in [0.25, 0.3) is 0 Å². The molecule has 4 nitrogen and oxygen atoms in total. The molecule has 0 radical (unpaired) electrons. The zero-order chi connectivity index (χ0) is 17.4. The Hall–Kier alpha value is -3.21. The first-order chi connectivity index (χ1) is 12.2. The predicted octanol–water partition coefficient (Wildman–Crippen LogP) is 4.16. The number of fused-ring (bicyclic) bond motifs is 2. The molecule has 0 spiro atoms. The number of hydrogen-bond donors (Lipinski definition) is 0. The van der Waals surface area contributed by atoms with Crippen LogP contribution in [0.2, 0.25) is 0 Å². The Labute approximate surface area is 143 Å². The van der Waals surface area contributed by atoms with Crippen LogP contribution < -0.4 is 0 Å². The van der Waals surface area contributed by atoms with Gasteiger partial charge >= 0.3 is 5.97 Å². The molecule has 0 aliphatic carbocycles. The van der Waals surface area contributed by atoms with E-state index in [1.54, 1.807) is 12.1 Å². The minimum absolute atomic E-state index is 0.309. The number of pyridine rings is 1. The number of para-hydroxylation sites is 1. The number of halogens is 1. The normalized spacial score (nSPS) is 11.1. The number of hydrogen-bond acceptors (Lipinski definition) is 3. The van der Waals surface area contributed by atoms with Crippen molar-refractivity contribution < 1.29 is 13.9 Å². The molecule has 2 aromatic carbocycles. The van der Waals surface area contributed by atoms with E-state index in [0.717, 1.165) is 22.0 Å². The third-order valence-corrected chi connectivity index (χ3v) is 4.24. The van der Waals surface area contributed by atoms with Gasteiger partial charge in [-0.25, -0.2) is 9.18 Å². The lowest BCUT2D eigenvalue weighted by Gasteiger charge is -2.09. The summed E-state index contributed by atoms with van der Waals surface area (Å²) in [7, 11) is 1.37. The van der Waals surface area contributed by atoms with Gasteiger partial charge in [-0.05, 0) is 30.3 Å². The van der Waals surface area contributed by atoms with Gasteiger partial charge in [0, 0.05) is 23.0 Å². The van der Waals surface area contributed by atoms with Crippen LogP contribution in [0.25, 0.3) is 21.8 Å². The topological polar surface area (TPSA) is 44.1 Å². The van der Waals surface area contributed by atoms with Gasteiger partial charge < -0.3 is 9.30 Å². The maximum absolute atomic E-state index is 13.4. The lowest BCUT2D eigenvalue weighted by molar-refractivity contribution is 0.0602. The molecular formula is C20H15FN2O2. The number of esters is 1. The number of rotatable bonds is 3. The fourth-order valence-electron chi connectivity index (χ4n) is 3.06. The van der Waals surface area contributed by atoms with Gasteiger partial charge in [0.1, 0.15) is 5.82 Å². The van der Waals surface area contributed by atoms with Crippen LogP contribution in [-0.2, 0) is 11.3 Å². The molecule has 0 atom stereocenters. The second kappa shape index (κ2) is 6.02. The van der Waals surface area contributed by atoms with Crippen LogP contribution in [0.5, 0.6) is 0 Å². The maximum atomic E-state index is 13.4. The first-order valence-electron chi connectivity index (χ1n) is 7.87. The summed E-state index contributed by atoms with van der Waals surface area (Å²) >= 11 is 0. The average molecular weight is 334 g/mol. The SMILES string of the molecule is COC(=O)c1cccc2ccn(Cc3ccc4ccc(F)cc4n3)c12. The molecule has 4 aromatic rings. The molecule has 2 heterocycles. The van der Waals surface area contributed by atoms with Gasteiger partial charge in [-0.1, -0.05) is 18.2 Å². The van der Waals surface area contributed by atoms with Gasteiger partial charge in [-0.15, -0.1) is 0 Å². The number of carbonyl (C=O) groups is 1. The van der Waals surface area contributed by atoms with E-state index in [-0.39, 0.29) is 11.8 Å². The van der Waals surface area contributed by atoms with Crippen molar-refractivity contribution in [1.29, 1.82) is 0 Å². The highest BCUT2D eigenvalue weighted by Crippen LogP contribution is 2.23. The standard InChI is InChI=1S/C20H15FN2O2/c1-25-20(24)17-4-2-3-14-9-10-23(19(14)17)12-16-8-6-13-5-7-15(21)11-18(13)22-16/h2-11H,12H2,1H3. The van der Waals surface area contributed by atoms with Crippen molar-refractivity contribution in [2.75, 3.05) is 7.11 Å². The Balaban J connectivity index is 1.79. The predicted molar refractivity (Wildman–Crippen MR) is 94.1 cm³/mol. The Bertz CT molecular complexity index is 1100. The number of benzene rings is 2. The molecule has 0 fully saturated rings.